The van der Waals surface area contributed by atoms with Crippen LogP contribution in [0, 0.1) is 0 Å². The highest BCUT2D eigenvalue weighted by Crippen LogP contribution is 2.08. The summed E-state index contributed by atoms with van der Waals surface area (Å²) in [6, 6.07) is 9.82. The molecule has 1 aliphatic rings. The quantitative estimate of drug-likeness (QED) is 0.755. The zero-order valence-corrected chi connectivity index (χ0v) is 13.0. The molecule has 4 nitrogen and oxygen atoms in total. The molecule has 1 heterocycles. The minimum atomic E-state index is -0.188. The van der Waals surface area contributed by atoms with Crippen LogP contribution >= 0.6 is 0 Å². The van der Waals surface area contributed by atoms with Crippen LogP contribution < -0.4 is 0 Å². The standard InChI is InChI=1S/C17H26N2O2/c1-2-3-7-10-18-11-13-19(14-12-18)17(20)21-15-16-8-5-4-6-9-16/h4-6,8-9H,2-3,7,10-15H2,1H3. The Labute approximate surface area is 127 Å². The van der Waals surface area contributed by atoms with Crippen molar-refractivity contribution in [2.75, 3.05) is 32.7 Å². The zero-order chi connectivity index (χ0) is 14.9. The van der Waals surface area contributed by atoms with Gasteiger partial charge in [0.2, 0.25) is 0 Å². The molecule has 0 spiro atoms. The molecular formula is C17H26N2O2. The maximum atomic E-state index is 12.0. The van der Waals surface area contributed by atoms with Crippen molar-refractivity contribution in [2.24, 2.45) is 0 Å². The van der Waals surface area contributed by atoms with Crippen molar-refractivity contribution in [3.8, 4) is 0 Å². The van der Waals surface area contributed by atoms with Gasteiger partial charge in [0.25, 0.3) is 0 Å². The number of benzene rings is 1. The van der Waals surface area contributed by atoms with Crippen molar-refractivity contribution >= 4 is 6.09 Å². The topological polar surface area (TPSA) is 32.8 Å². The summed E-state index contributed by atoms with van der Waals surface area (Å²) in [5.74, 6) is 0. The molecule has 1 aromatic rings. The summed E-state index contributed by atoms with van der Waals surface area (Å²) >= 11 is 0. The highest BCUT2D eigenvalue weighted by molar-refractivity contribution is 5.67. The predicted octanol–water partition coefficient (Wildman–Crippen LogP) is 3.13. The average molecular weight is 290 g/mol. The van der Waals surface area contributed by atoms with Gasteiger partial charge < -0.3 is 9.64 Å². The fraction of sp³-hybridized carbons (Fsp3) is 0.588. The summed E-state index contributed by atoms with van der Waals surface area (Å²) in [7, 11) is 0. The summed E-state index contributed by atoms with van der Waals surface area (Å²) in [5.41, 5.74) is 1.03. The largest absolute Gasteiger partial charge is 0.445 e. The third-order valence-electron chi connectivity index (χ3n) is 3.91. The molecule has 0 aromatic heterocycles. The third-order valence-corrected chi connectivity index (χ3v) is 3.91. The molecule has 0 bridgehead atoms. The van der Waals surface area contributed by atoms with Crippen molar-refractivity contribution in [1.29, 1.82) is 0 Å². The predicted molar refractivity (Wildman–Crippen MR) is 84.2 cm³/mol. The molecule has 21 heavy (non-hydrogen) atoms. The lowest BCUT2D eigenvalue weighted by molar-refractivity contribution is 0.0713. The van der Waals surface area contributed by atoms with Gasteiger partial charge in [-0.2, -0.15) is 0 Å². The summed E-state index contributed by atoms with van der Waals surface area (Å²) in [6.45, 7) is 7.21. The molecule has 1 saturated heterocycles. The molecule has 116 valence electrons. The van der Waals surface area contributed by atoms with Gasteiger partial charge in [-0.15, -0.1) is 0 Å². The lowest BCUT2D eigenvalue weighted by atomic mass is 10.2. The van der Waals surface area contributed by atoms with Gasteiger partial charge in [-0.05, 0) is 18.5 Å². The second-order valence-corrected chi connectivity index (χ2v) is 5.58. The van der Waals surface area contributed by atoms with Crippen molar-refractivity contribution < 1.29 is 9.53 Å². The summed E-state index contributed by atoms with van der Waals surface area (Å²) in [4.78, 5) is 16.3. The first-order chi connectivity index (χ1) is 10.3. The van der Waals surface area contributed by atoms with E-state index in [1.165, 1.54) is 19.3 Å². The molecule has 1 aromatic carbocycles. The van der Waals surface area contributed by atoms with Crippen molar-refractivity contribution in [3.63, 3.8) is 0 Å². The van der Waals surface area contributed by atoms with Gasteiger partial charge in [0.05, 0.1) is 0 Å². The molecule has 2 rings (SSSR count). The van der Waals surface area contributed by atoms with Crippen LogP contribution in [0.2, 0.25) is 0 Å². The fourth-order valence-electron chi connectivity index (χ4n) is 2.55. The zero-order valence-electron chi connectivity index (χ0n) is 13.0. The Morgan fingerprint density at radius 2 is 1.81 bits per heavy atom. The van der Waals surface area contributed by atoms with Crippen LogP contribution in [0.3, 0.4) is 0 Å². The Kier molecular flexibility index (Phi) is 6.54. The van der Waals surface area contributed by atoms with E-state index < -0.39 is 0 Å². The Bertz CT molecular complexity index is 414. The lowest BCUT2D eigenvalue weighted by Crippen LogP contribution is -2.48. The molecule has 0 saturated carbocycles. The Hall–Kier alpha value is -1.55. The Morgan fingerprint density at radius 3 is 2.48 bits per heavy atom. The van der Waals surface area contributed by atoms with Crippen LogP contribution in [0.1, 0.15) is 31.7 Å². The third kappa shape index (κ3) is 5.38. The SMILES string of the molecule is CCCCCN1CCN(C(=O)OCc2ccccc2)CC1. The van der Waals surface area contributed by atoms with Crippen LogP contribution in [0.25, 0.3) is 0 Å². The molecule has 1 fully saturated rings. The number of hydrogen-bond acceptors (Lipinski definition) is 3. The van der Waals surface area contributed by atoms with Gasteiger partial charge >= 0.3 is 6.09 Å². The van der Waals surface area contributed by atoms with Crippen molar-refractivity contribution in [2.45, 2.75) is 32.8 Å². The molecule has 0 atom stereocenters. The molecular weight excluding hydrogens is 264 g/mol. The number of carbonyl (C=O) groups excluding carboxylic acids is 1. The first-order valence-electron chi connectivity index (χ1n) is 7.97. The highest BCUT2D eigenvalue weighted by Gasteiger charge is 2.21. The summed E-state index contributed by atoms with van der Waals surface area (Å²) in [5, 5.41) is 0. The first-order valence-corrected chi connectivity index (χ1v) is 7.97. The van der Waals surface area contributed by atoms with Crippen molar-refractivity contribution in [1.82, 2.24) is 9.80 Å². The van der Waals surface area contributed by atoms with Gasteiger partial charge in [0, 0.05) is 26.2 Å². The van der Waals surface area contributed by atoms with Gasteiger partial charge in [0.1, 0.15) is 6.61 Å². The number of hydrogen-bond donors (Lipinski definition) is 0. The number of amides is 1. The maximum Gasteiger partial charge on any atom is 0.410 e. The van der Waals surface area contributed by atoms with Crippen LogP contribution in [0.15, 0.2) is 30.3 Å². The first kappa shape index (κ1) is 15.8. The monoisotopic (exact) mass is 290 g/mol. The molecule has 0 unspecified atom stereocenters. The van der Waals surface area contributed by atoms with E-state index in [2.05, 4.69) is 11.8 Å². The van der Waals surface area contributed by atoms with Crippen LogP contribution in [0.4, 0.5) is 4.79 Å². The van der Waals surface area contributed by atoms with Crippen molar-refractivity contribution in [3.05, 3.63) is 35.9 Å². The van der Waals surface area contributed by atoms with E-state index in [4.69, 9.17) is 4.74 Å². The highest BCUT2D eigenvalue weighted by atomic mass is 16.6. The van der Waals surface area contributed by atoms with E-state index in [1.54, 1.807) is 0 Å². The second kappa shape index (κ2) is 8.67. The lowest BCUT2D eigenvalue weighted by Gasteiger charge is -2.34. The van der Waals surface area contributed by atoms with Crippen LogP contribution in [0.5, 0.6) is 0 Å². The minimum absolute atomic E-state index is 0.188. The molecule has 0 radical (unpaired) electrons. The van der Waals surface area contributed by atoms with Crippen LogP contribution in [-0.4, -0.2) is 48.6 Å². The van der Waals surface area contributed by atoms with Gasteiger partial charge in [0.15, 0.2) is 0 Å². The number of unbranched alkanes of at least 4 members (excludes halogenated alkanes) is 2. The van der Waals surface area contributed by atoms with E-state index in [0.717, 1.165) is 38.3 Å². The smallest absolute Gasteiger partial charge is 0.410 e. The molecule has 0 N–H and O–H groups in total. The van der Waals surface area contributed by atoms with Crippen LogP contribution in [-0.2, 0) is 11.3 Å². The van der Waals surface area contributed by atoms with E-state index in [9.17, 15) is 4.79 Å². The number of rotatable bonds is 6. The number of ether oxygens (including phenoxy) is 1. The Morgan fingerprint density at radius 1 is 1.10 bits per heavy atom. The maximum absolute atomic E-state index is 12.0. The van der Waals surface area contributed by atoms with Gasteiger partial charge in [-0.25, -0.2) is 4.79 Å². The summed E-state index contributed by atoms with van der Waals surface area (Å²) < 4.78 is 5.37. The average Bonchev–Trinajstić information content (AvgIpc) is 2.54. The minimum Gasteiger partial charge on any atom is -0.445 e. The van der Waals surface area contributed by atoms with E-state index >= 15 is 0 Å². The number of piperazine rings is 1. The molecule has 1 amide bonds. The van der Waals surface area contributed by atoms with Gasteiger partial charge in [-0.1, -0.05) is 50.1 Å². The van der Waals surface area contributed by atoms with E-state index in [-0.39, 0.29) is 6.09 Å². The summed E-state index contributed by atoms with van der Waals surface area (Å²) in [6.07, 6.45) is 3.62. The molecule has 4 heteroatoms. The van der Waals surface area contributed by atoms with E-state index in [0.29, 0.717) is 6.61 Å². The molecule has 1 aliphatic heterocycles. The normalized spacial score (nSPS) is 16.0. The molecule has 0 aliphatic carbocycles. The second-order valence-electron chi connectivity index (χ2n) is 5.58. The Balaban J connectivity index is 1.66. The van der Waals surface area contributed by atoms with E-state index in [1.807, 2.05) is 35.2 Å². The number of nitrogens with zero attached hydrogens (tertiary/aromatic N) is 2. The number of carbonyl (C=O) groups is 1. The fourth-order valence-corrected chi connectivity index (χ4v) is 2.55. The van der Waals surface area contributed by atoms with Gasteiger partial charge in [-0.3, -0.25) is 4.90 Å².